The van der Waals surface area contributed by atoms with E-state index in [0.29, 0.717) is 0 Å². The van der Waals surface area contributed by atoms with Crippen molar-refractivity contribution in [2.24, 2.45) is 0 Å². The molecular weight excluding hydrogens is 190 g/mol. The number of nitrogens with zero attached hydrogens (tertiary/aromatic N) is 1. The number of sulfone groups is 1. The van der Waals surface area contributed by atoms with E-state index < -0.39 is 9.84 Å². The van der Waals surface area contributed by atoms with Crippen LogP contribution in [0.5, 0.6) is 0 Å². The van der Waals surface area contributed by atoms with Crippen molar-refractivity contribution in [1.29, 1.82) is 0 Å². The Balaban J connectivity index is 0.000001000. The van der Waals surface area contributed by atoms with Gasteiger partial charge in [-0.1, -0.05) is 0 Å². The van der Waals surface area contributed by atoms with E-state index in [1.54, 1.807) is 0 Å². The molecule has 1 heterocycles. The molecule has 0 atom stereocenters. The number of hydrogen-bond donors (Lipinski definition) is 2. The third-order valence-electron chi connectivity index (χ3n) is 1.00. The molecule has 5 nitrogen and oxygen atoms in total. The molecule has 0 aliphatic rings. The minimum absolute atomic E-state index is 0. The minimum atomic E-state index is -3.23. The predicted molar refractivity (Wildman–Crippen MR) is 43.4 cm³/mol. The summed E-state index contributed by atoms with van der Waals surface area (Å²) in [6.07, 6.45) is 2.31. The van der Waals surface area contributed by atoms with Crippen LogP contribution in [0.25, 0.3) is 0 Å². The van der Waals surface area contributed by atoms with Crippen LogP contribution in [0.3, 0.4) is 0 Å². The molecule has 0 radical (unpaired) electrons. The summed E-state index contributed by atoms with van der Waals surface area (Å²) in [7, 11) is -3.23. The fourth-order valence-electron chi connectivity index (χ4n) is 0.590. The van der Waals surface area contributed by atoms with Crippen LogP contribution in [-0.4, -0.2) is 24.6 Å². The van der Waals surface area contributed by atoms with Crippen LogP contribution in [0.1, 0.15) is 0 Å². The third-order valence-corrected chi connectivity index (χ3v) is 2.07. The maximum absolute atomic E-state index is 10.8. The highest BCUT2D eigenvalue weighted by atomic mass is 35.5. The smallest absolute Gasteiger partial charge is 0.194 e. The van der Waals surface area contributed by atoms with E-state index in [4.69, 9.17) is 5.73 Å². The molecule has 0 aromatic carbocycles. The van der Waals surface area contributed by atoms with E-state index in [0.717, 1.165) is 6.26 Å². The number of aromatic amines is 1. The van der Waals surface area contributed by atoms with Gasteiger partial charge in [-0.25, -0.2) is 13.4 Å². The predicted octanol–water partition coefficient (Wildman–Crippen LogP) is -0.183. The summed E-state index contributed by atoms with van der Waals surface area (Å²) in [6, 6.07) is 0. The Morgan fingerprint density at radius 1 is 1.64 bits per heavy atom. The second-order valence-electron chi connectivity index (χ2n) is 1.89. The molecule has 1 aromatic rings. The van der Waals surface area contributed by atoms with E-state index in [-0.39, 0.29) is 23.3 Å². The van der Waals surface area contributed by atoms with Crippen molar-refractivity contribution in [3.8, 4) is 0 Å². The molecule has 0 bridgehead atoms. The van der Waals surface area contributed by atoms with Crippen LogP contribution in [0.2, 0.25) is 0 Å². The van der Waals surface area contributed by atoms with Crippen molar-refractivity contribution in [2.75, 3.05) is 12.0 Å². The Kier molecular flexibility index (Phi) is 2.89. The lowest BCUT2D eigenvalue weighted by molar-refractivity contribution is 0.599. The van der Waals surface area contributed by atoms with Gasteiger partial charge < -0.3 is 10.7 Å². The van der Waals surface area contributed by atoms with E-state index in [2.05, 4.69) is 9.97 Å². The standard InChI is InChI=1S/C4H7N3O2S.ClH/c1-10(8,9)4-3(5)6-2-7-4;/h2H,5H2,1H3,(H,6,7);1H. The molecule has 64 valence electrons. The van der Waals surface area contributed by atoms with Crippen molar-refractivity contribution in [2.45, 2.75) is 5.03 Å². The molecule has 0 amide bonds. The first kappa shape index (κ1) is 10.2. The molecule has 3 N–H and O–H groups in total. The van der Waals surface area contributed by atoms with E-state index in [1.807, 2.05) is 0 Å². The molecular formula is C4H8ClN3O2S. The van der Waals surface area contributed by atoms with Gasteiger partial charge in [0.1, 0.15) is 0 Å². The fraction of sp³-hybridized carbons (Fsp3) is 0.250. The van der Waals surface area contributed by atoms with Gasteiger partial charge in [-0.05, 0) is 0 Å². The Morgan fingerprint density at radius 2 is 2.18 bits per heavy atom. The van der Waals surface area contributed by atoms with Gasteiger partial charge in [-0.3, -0.25) is 0 Å². The molecule has 0 spiro atoms. The van der Waals surface area contributed by atoms with E-state index in [9.17, 15) is 8.42 Å². The molecule has 0 aliphatic carbocycles. The first-order chi connectivity index (χ1) is 4.52. The van der Waals surface area contributed by atoms with Gasteiger partial charge in [0.05, 0.1) is 6.33 Å². The van der Waals surface area contributed by atoms with Crippen molar-refractivity contribution in [1.82, 2.24) is 9.97 Å². The summed E-state index contributed by atoms with van der Waals surface area (Å²) in [5.41, 5.74) is 5.21. The van der Waals surface area contributed by atoms with Gasteiger partial charge in [-0.2, -0.15) is 0 Å². The molecule has 1 rings (SSSR count). The molecule has 0 aliphatic heterocycles. The molecule has 0 unspecified atom stereocenters. The minimum Gasteiger partial charge on any atom is -0.381 e. The van der Waals surface area contributed by atoms with Gasteiger partial charge in [-0.15, -0.1) is 12.4 Å². The number of anilines is 1. The van der Waals surface area contributed by atoms with Crippen LogP contribution < -0.4 is 5.73 Å². The highest BCUT2D eigenvalue weighted by Crippen LogP contribution is 2.10. The third kappa shape index (κ3) is 2.09. The van der Waals surface area contributed by atoms with Crippen LogP contribution in [-0.2, 0) is 9.84 Å². The lowest BCUT2D eigenvalue weighted by Gasteiger charge is -1.91. The number of hydrogen-bond acceptors (Lipinski definition) is 4. The highest BCUT2D eigenvalue weighted by molar-refractivity contribution is 7.90. The average molecular weight is 198 g/mol. The summed E-state index contributed by atoms with van der Waals surface area (Å²) in [5, 5.41) is -0.0208. The monoisotopic (exact) mass is 197 g/mol. The van der Waals surface area contributed by atoms with E-state index in [1.165, 1.54) is 6.33 Å². The summed E-state index contributed by atoms with van der Waals surface area (Å²) in [4.78, 5) is 5.95. The molecule has 11 heavy (non-hydrogen) atoms. The second-order valence-corrected chi connectivity index (χ2v) is 3.84. The average Bonchev–Trinajstić information content (AvgIpc) is 2.11. The maximum atomic E-state index is 10.8. The Labute approximate surface area is 70.3 Å². The number of H-pyrrole nitrogens is 1. The van der Waals surface area contributed by atoms with Crippen molar-refractivity contribution >= 4 is 28.1 Å². The zero-order chi connectivity index (χ0) is 7.78. The Bertz CT molecular complexity index is 331. The fourth-order valence-corrected chi connectivity index (χ4v) is 1.29. The molecule has 0 saturated heterocycles. The summed E-state index contributed by atoms with van der Waals surface area (Å²) < 4.78 is 21.5. The summed E-state index contributed by atoms with van der Waals surface area (Å²) in [6.45, 7) is 0. The number of aromatic nitrogens is 2. The number of imidazole rings is 1. The van der Waals surface area contributed by atoms with Crippen LogP contribution in [0.4, 0.5) is 5.82 Å². The number of halogens is 1. The number of rotatable bonds is 1. The zero-order valence-corrected chi connectivity index (χ0v) is 7.37. The van der Waals surface area contributed by atoms with Gasteiger partial charge in [0.2, 0.25) is 0 Å². The summed E-state index contributed by atoms with van der Waals surface area (Å²) in [5.74, 6) is 0.0162. The lowest BCUT2D eigenvalue weighted by Crippen LogP contribution is -2.01. The molecule has 0 saturated carbocycles. The van der Waals surface area contributed by atoms with Crippen molar-refractivity contribution in [3.63, 3.8) is 0 Å². The topological polar surface area (TPSA) is 88.8 Å². The Morgan fingerprint density at radius 3 is 2.36 bits per heavy atom. The van der Waals surface area contributed by atoms with E-state index >= 15 is 0 Å². The van der Waals surface area contributed by atoms with Crippen LogP contribution >= 0.6 is 12.4 Å². The second kappa shape index (κ2) is 3.10. The molecule has 1 aromatic heterocycles. The molecule has 0 fully saturated rings. The van der Waals surface area contributed by atoms with Crippen LogP contribution in [0.15, 0.2) is 11.4 Å². The van der Waals surface area contributed by atoms with Gasteiger partial charge >= 0.3 is 0 Å². The van der Waals surface area contributed by atoms with Gasteiger partial charge in [0.15, 0.2) is 20.7 Å². The highest BCUT2D eigenvalue weighted by Gasteiger charge is 2.12. The number of nitrogen functional groups attached to an aromatic ring is 1. The maximum Gasteiger partial charge on any atom is 0.194 e. The van der Waals surface area contributed by atoms with Crippen LogP contribution in [0, 0.1) is 0 Å². The van der Waals surface area contributed by atoms with Crippen molar-refractivity contribution < 1.29 is 8.42 Å². The zero-order valence-electron chi connectivity index (χ0n) is 5.73. The quantitative estimate of drug-likeness (QED) is 0.654. The largest absolute Gasteiger partial charge is 0.381 e. The first-order valence-corrected chi connectivity index (χ1v) is 4.40. The normalized spacial score (nSPS) is 10.6. The molecule has 7 heteroatoms. The van der Waals surface area contributed by atoms with Crippen molar-refractivity contribution in [3.05, 3.63) is 6.33 Å². The SMILES string of the molecule is CS(=O)(=O)c1[nH]cnc1N.Cl. The summed E-state index contributed by atoms with van der Waals surface area (Å²) >= 11 is 0. The first-order valence-electron chi connectivity index (χ1n) is 2.50. The number of nitrogens with one attached hydrogen (secondary N) is 1. The lowest BCUT2D eigenvalue weighted by atomic mass is 10.8. The van der Waals surface area contributed by atoms with Gasteiger partial charge in [0.25, 0.3) is 0 Å². The Hall–Kier alpha value is -0.750. The van der Waals surface area contributed by atoms with Gasteiger partial charge in [0, 0.05) is 6.26 Å². The number of nitrogens with two attached hydrogens (primary N) is 1.